The lowest BCUT2D eigenvalue weighted by Gasteiger charge is -2.07. The van der Waals surface area contributed by atoms with E-state index < -0.39 is 0 Å². The molecule has 5 heteroatoms. The lowest BCUT2D eigenvalue weighted by molar-refractivity contribution is -0.141. The van der Waals surface area contributed by atoms with Gasteiger partial charge in [-0.3, -0.25) is 0 Å². The van der Waals surface area contributed by atoms with Crippen LogP contribution in [0.2, 0.25) is 0 Å². The van der Waals surface area contributed by atoms with Crippen LogP contribution >= 0.6 is 0 Å². The number of carbonyl (C=O) groups is 2. The lowest BCUT2D eigenvalue weighted by atomic mass is 10.2. The third-order valence-electron chi connectivity index (χ3n) is 2.99. The first-order valence-electron chi connectivity index (χ1n) is 7.39. The number of esters is 2. The van der Waals surface area contributed by atoms with Gasteiger partial charge in [0.2, 0.25) is 0 Å². The summed E-state index contributed by atoms with van der Waals surface area (Å²) in [4.78, 5) is 21.2. The van der Waals surface area contributed by atoms with Crippen LogP contribution in [0.5, 0.6) is 0 Å². The van der Waals surface area contributed by atoms with E-state index >= 15 is 0 Å². The van der Waals surface area contributed by atoms with E-state index in [9.17, 15) is 9.59 Å². The molecule has 0 radical (unpaired) electrons. The standard InChI is InChI=1S/C10H10O2.C8H12O3/c1-2-10(11)12-8-9-6-4-3-5-7-9;1-2-8(9)11-6-7-4-3-5-10-7/h2-7H,1,8H2;2,7H,1,3-6H2. The van der Waals surface area contributed by atoms with Gasteiger partial charge in [-0.05, 0) is 18.4 Å². The van der Waals surface area contributed by atoms with Gasteiger partial charge in [0.15, 0.2) is 0 Å². The molecular weight excluding hydrogens is 296 g/mol. The van der Waals surface area contributed by atoms with E-state index in [1.807, 2.05) is 30.3 Å². The fraction of sp³-hybridized carbons (Fsp3) is 0.333. The molecule has 0 spiro atoms. The van der Waals surface area contributed by atoms with Crippen LogP contribution in [0, 0.1) is 0 Å². The second kappa shape index (κ2) is 11.2. The van der Waals surface area contributed by atoms with Crippen molar-refractivity contribution < 1.29 is 23.8 Å². The van der Waals surface area contributed by atoms with Gasteiger partial charge in [0, 0.05) is 18.8 Å². The molecule has 1 heterocycles. The Hall–Kier alpha value is -2.40. The Kier molecular flexibility index (Phi) is 9.09. The molecule has 0 bridgehead atoms. The van der Waals surface area contributed by atoms with Crippen LogP contribution in [0.1, 0.15) is 18.4 Å². The first kappa shape index (κ1) is 18.6. The fourth-order valence-corrected chi connectivity index (χ4v) is 1.80. The fourth-order valence-electron chi connectivity index (χ4n) is 1.80. The van der Waals surface area contributed by atoms with Gasteiger partial charge in [-0.15, -0.1) is 0 Å². The average Bonchev–Trinajstić information content (AvgIpc) is 3.12. The Morgan fingerprint density at radius 3 is 2.35 bits per heavy atom. The van der Waals surface area contributed by atoms with Gasteiger partial charge < -0.3 is 14.2 Å². The molecule has 0 amide bonds. The van der Waals surface area contributed by atoms with Crippen molar-refractivity contribution >= 4 is 11.9 Å². The summed E-state index contributed by atoms with van der Waals surface area (Å²) in [7, 11) is 0. The molecule has 124 valence electrons. The minimum absolute atomic E-state index is 0.110. The average molecular weight is 318 g/mol. The SMILES string of the molecule is C=CC(=O)OCC1CCCO1.C=CC(=O)OCc1ccccc1. The number of benzene rings is 1. The highest BCUT2D eigenvalue weighted by Gasteiger charge is 2.16. The molecule has 0 N–H and O–H groups in total. The normalized spacial score (nSPS) is 15.7. The summed E-state index contributed by atoms with van der Waals surface area (Å²) in [6.07, 6.45) is 4.48. The zero-order valence-corrected chi connectivity index (χ0v) is 13.1. The maximum atomic E-state index is 10.6. The van der Waals surface area contributed by atoms with E-state index in [1.165, 1.54) is 0 Å². The third-order valence-corrected chi connectivity index (χ3v) is 2.99. The van der Waals surface area contributed by atoms with Crippen LogP contribution in [0.25, 0.3) is 0 Å². The van der Waals surface area contributed by atoms with Crippen molar-refractivity contribution in [2.24, 2.45) is 0 Å². The van der Waals surface area contributed by atoms with Gasteiger partial charge in [-0.1, -0.05) is 43.5 Å². The predicted molar refractivity (Wildman–Crippen MR) is 86.6 cm³/mol. The van der Waals surface area contributed by atoms with E-state index in [0.29, 0.717) is 13.2 Å². The van der Waals surface area contributed by atoms with Crippen LogP contribution in [0.4, 0.5) is 0 Å². The van der Waals surface area contributed by atoms with Crippen LogP contribution in [0.3, 0.4) is 0 Å². The molecule has 0 aliphatic carbocycles. The number of carbonyl (C=O) groups excluding carboxylic acids is 2. The summed E-state index contributed by atoms with van der Waals surface area (Å²) in [6.45, 7) is 8.05. The number of hydrogen-bond acceptors (Lipinski definition) is 5. The lowest BCUT2D eigenvalue weighted by Crippen LogP contribution is -2.16. The highest BCUT2D eigenvalue weighted by atomic mass is 16.6. The maximum absolute atomic E-state index is 10.6. The summed E-state index contributed by atoms with van der Waals surface area (Å²) in [5.41, 5.74) is 0.979. The molecule has 1 fully saturated rings. The van der Waals surface area contributed by atoms with E-state index in [0.717, 1.165) is 37.2 Å². The van der Waals surface area contributed by atoms with Crippen LogP contribution < -0.4 is 0 Å². The summed E-state index contributed by atoms with van der Waals surface area (Å²) in [5, 5.41) is 0. The van der Waals surface area contributed by atoms with Crippen molar-refractivity contribution in [1.82, 2.24) is 0 Å². The number of ether oxygens (including phenoxy) is 3. The molecule has 0 aromatic heterocycles. The van der Waals surface area contributed by atoms with Gasteiger partial charge in [0.1, 0.15) is 13.2 Å². The first-order valence-corrected chi connectivity index (χ1v) is 7.39. The van der Waals surface area contributed by atoms with Crippen molar-refractivity contribution in [3.63, 3.8) is 0 Å². The molecule has 5 nitrogen and oxygen atoms in total. The molecule has 1 aromatic carbocycles. The third kappa shape index (κ3) is 8.58. The predicted octanol–water partition coefficient (Wildman–Crippen LogP) is 2.81. The molecule has 1 unspecified atom stereocenters. The maximum Gasteiger partial charge on any atom is 0.330 e. The Bertz CT molecular complexity index is 503. The van der Waals surface area contributed by atoms with Crippen LogP contribution in [-0.4, -0.2) is 31.3 Å². The number of rotatable bonds is 6. The Labute approximate surface area is 136 Å². The molecule has 23 heavy (non-hydrogen) atoms. The minimum atomic E-state index is -0.390. The van der Waals surface area contributed by atoms with Gasteiger partial charge in [0.25, 0.3) is 0 Å². The van der Waals surface area contributed by atoms with Crippen molar-refractivity contribution in [3.05, 3.63) is 61.2 Å². The molecule has 0 saturated carbocycles. The zero-order valence-electron chi connectivity index (χ0n) is 13.1. The second-order valence-electron chi connectivity index (χ2n) is 4.77. The van der Waals surface area contributed by atoms with Crippen molar-refractivity contribution in [1.29, 1.82) is 0 Å². The smallest absolute Gasteiger partial charge is 0.330 e. The van der Waals surface area contributed by atoms with Crippen LogP contribution in [-0.2, 0) is 30.4 Å². The molecule has 1 aromatic rings. The zero-order chi connectivity index (χ0) is 16.9. The van der Waals surface area contributed by atoms with E-state index in [-0.39, 0.29) is 18.0 Å². The largest absolute Gasteiger partial charge is 0.460 e. The number of hydrogen-bond donors (Lipinski definition) is 0. The van der Waals surface area contributed by atoms with Crippen molar-refractivity contribution in [2.45, 2.75) is 25.6 Å². The first-order chi connectivity index (χ1) is 11.2. The van der Waals surface area contributed by atoms with E-state index in [2.05, 4.69) is 13.2 Å². The molecule has 1 saturated heterocycles. The highest BCUT2D eigenvalue weighted by Crippen LogP contribution is 2.11. The monoisotopic (exact) mass is 318 g/mol. The molecule has 1 aliphatic rings. The van der Waals surface area contributed by atoms with Crippen molar-refractivity contribution in [2.75, 3.05) is 13.2 Å². The van der Waals surface area contributed by atoms with E-state index in [1.54, 1.807) is 0 Å². The van der Waals surface area contributed by atoms with Gasteiger partial charge in [-0.25, -0.2) is 9.59 Å². The molecular formula is C18H22O5. The quantitative estimate of drug-likeness (QED) is 0.596. The molecule has 2 rings (SSSR count). The van der Waals surface area contributed by atoms with Gasteiger partial charge >= 0.3 is 11.9 Å². The second-order valence-corrected chi connectivity index (χ2v) is 4.77. The Morgan fingerprint density at radius 1 is 1.13 bits per heavy atom. The van der Waals surface area contributed by atoms with Gasteiger partial charge in [0.05, 0.1) is 6.10 Å². The van der Waals surface area contributed by atoms with E-state index in [4.69, 9.17) is 14.2 Å². The summed E-state index contributed by atoms with van der Waals surface area (Å²) in [5.74, 6) is -0.764. The van der Waals surface area contributed by atoms with Crippen LogP contribution in [0.15, 0.2) is 55.6 Å². The summed E-state index contributed by atoms with van der Waals surface area (Å²) < 4.78 is 14.8. The topological polar surface area (TPSA) is 61.8 Å². The highest BCUT2D eigenvalue weighted by molar-refractivity contribution is 5.81. The Morgan fingerprint density at radius 2 is 1.78 bits per heavy atom. The van der Waals surface area contributed by atoms with Crippen molar-refractivity contribution in [3.8, 4) is 0 Å². The minimum Gasteiger partial charge on any atom is -0.460 e. The van der Waals surface area contributed by atoms with Gasteiger partial charge in [-0.2, -0.15) is 0 Å². The Balaban J connectivity index is 0.000000231. The molecule has 1 atom stereocenters. The summed E-state index contributed by atoms with van der Waals surface area (Å²) >= 11 is 0. The molecule has 1 aliphatic heterocycles. The summed E-state index contributed by atoms with van der Waals surface area (Å²) in [6, 6.07) is 9.51.